The summed E-state index contributed by atoms with van der Waals surface area (Å²) in [5.41, 5.74) is 4.42. The second-order valence-electron chi connectivity index (χ2n) is 6.19. The second-order valence-corrected chi connectivity index (χ2v) is 7.44. The second kappa shape index (κ2) is 7.92. The quantitative estimate of drug-likeness (QED) is 0.432. The fourth-order valence-electron chi connectivity index (χ4n) is 2.91. The number of anilines is 1. The van der Waals surface area contributed by atoms with Gasteiger partial charge in [-0.3, -0.25) is 14.7 Å². The lowest BCUT2D eigenvalue weighted by molar-refractivity contribution is 0.102. The topological polar surface area (TPSA) is 62.7 Å². The summed E-state index contributed by atoms with van der Waals surface area (Å²) in [6.45, 7) is 2.13. The predicted octanol–water partition coefficient (Wildman–Crippen LogP) is 5.47. The number of amides is 1. The Labute approximate surface area is 171 Å². The number of para-hydroxylation sites is 1. The summed E-state index contributed by atoms with van der Waals surface area (Å²) >= 11 is 6.74. The number of aromatic nitrogens is 3. The van der Waals surface area contributed by atoms with E-state index in [0.717, 1.165) is 23.4 Å². The summed E-state index contributed by atoms with van der Waals surface area (Å²) in [7, 11) is 0. The molecule has 0 bridgehead atoms. The van der Waals surface area contributed by atoms with Crippen molar-refractivity contribution in [2.45, 2.75) is 13.3 Å². The molecule has 0 spiro atoms. The summed E-state index contributed by atoms with van der Waals surface area (Å²) in [4.78, 5) is 20.3. The summed E-state index contributed by atoms with van der Waals surface area (Å²) in [5, 5.41) is 5.37. The number of thiazole rings is 1. The number of hydrogen-bond acceptors (Lipinski definition) is 4. The molecule has 2 aromatic carbocycles. The summed E-state index contributed by atoms with van der Waals surface area (Å²) in [6.07, 6.45) is 2.62. The van der Waals surface area contributed by atoms with Crippen molar-refractivity contribution < 1.29 is 4.79 Å². The Bertz CT molecular complexity index is 1160. The highest BCUT2D eigenvalue weighted by molar-refractivity contribution is 7.71. The van der Waals surface area contributed by atoms with E-state index in [1.165, 1.54) is 16.9 Å². The first-order valence-corrected chi connectivity index (χ1v) is 10.2. The normalized spacial score (nSPS) is 10.8. The number of carbonyl (C=O) groups excluding carboxylic acids is 1. The van der Waals surface area contributed by atoms with Crippen LogP contribution in [0.15, 0.2) is 66.2 Å². The van der Waals surface area contributed by atoms with Crippen LogP contribution in [0.1, 0.15) is 23.0 Å². The summed E-state index contributed by atoms with van der Waals surface area (Å²) in [5.74, 6) is -0.265. The minimum Gasteiger partial charge on any atom is -0.336 e. The fraction of sp³-hybridized carbons (Fsp3) is 0.0952. The van der Waals surface area contributed by atoms with Gasteiger partial charge in [0, 0.05) is 22.8 Å². The number of nitrogens with one attached hydrogen (secondary N) is 2. The Balaban J connectivity index is 1.57. The first-order chi connectivity index (χ1) is 13.7. The molecule has 0 saturated heterocycles. The third-order valence-corrected chi connectivity index (χ3v) is 5.46. The van der Waals surface area contributed by atoms with E-state index in [-0.39, 0.29) is 5.91 Å². The standard InChI is InChI=1S/C21H18N4OS2/c1-2-14-8-10-15(11-9-14)17-13-28-20(23-17)24-19(26)18-12-22-21(27)25(18)16-6-4-3-5-7-16/h3-13H,2H2,1H3,(H,22,27)(H,23,24,26). The van der Waals surface area contributed by atoms with Crippen LogP contribution >= 0.6 is 23.6 Å². The van der Waals surface area contributed by atoms with Gasteiger partial charge in [-0.25, -0.2) is 4.98 Å². The average molecular weight is 407 g/mol. The number of aromatic amines is 1. The molecule has 140 valence electrons. The minimum atomic E-state index is -0.265. The molecule has 0 fully saturated rings. The molecule has 7 heteroatoms. The molecule has 0 unspecified atom stereocenters. The molecule has 2 N–H and O–H groups in total. The van der Waals surface area contributed by atoms with E-state index < -0.39 is 0 Å². The first kappa shape index (κ1) is 18.3. The number of nitrogens with zero attached hydrogens (tertiary/aromatic N) is 2. The van der Waals surface area contributed by atoms with Gasteiger partial charge in [0.25, 0.3) is 5.91 Å². The van der Waals surface area contributed by atoms with Crippen LogP contribution in [0.2, 0.25) is 0 Å². The fourth-order valence-corrected chi connectivity index (χ4v) is 3.88. The van der Waals surface area contributed by atoms with Crippen molar-refractivity contribution in [3.05, 3.63) is 82.2 Å². The van der Waals surface area contributed by atoms with Gasteiger partial charge in [-0.2, -0.15) is 0 Å². The smallest absolute Gasteiger partial charge is 0.276 e. The lowest BCUT2D eigenvalue weighted by Gasteiger charge is -2.07. The van der Waals surface area contributed by atoms with Gasteiger partial charge in [0.1, 0.15) is 5.69 Å². The first-order valence-electron chi connectivity index (χ1n) is 8.87. The Morgan fingerprint density at radius 1 is 1.18 bits per heavy atom. The van der Waals surface area contributed by atoms with Gasteiger partial charge in [0.2, 0.25) is 0 Å². The van der Waals surface area contributed by atoms with E-state index in [1.807, 2.05) is 35.7 Å². The zero-order valence-corrected chi connectivity index (χ0v) is 16.8. The molecule has 5 nitrogen and oxygen atoms in total. The van der Waals surface area contributed by atoms with Crippen molar-refractivity contribution in [2.75, 3.05) is 5.32 Å². The van der Waals surface area contributed by atoms with Crippen molar-refractivity contribution in [1.29, 1.82) is 0 Å². The maximum atomic E-state index is 12.8. The molecule has 4 rings (SSSR count). The van der Waals surface area contributed by atoms with Crippen LogP contribution in [0.4, 0.5) is 5.13 Å². The van der Waals surface area contributed by atoms with Gasteiger partial charge >= 0.3 is 0 Å². The number of rotatable bonds is 5. The third-order valence-electron chi connectivity index (χ3n) is 4.41. The van der Waals surface area contributed by atoms with Crippen LogP contribution < -0.4 is 5.32 Å². The van der Waals surface area contributed by atoms with Gasteiger partial charge in [0.15, 0.2) is 9.90 Å². The van der Waals surface area contributed by atoms with Gasteiger partial charge < -0.3 is 4.98 Å². The lowest BCUT2D eigenvalue weighted by atomic mass is 10.1. The number of aryl methyl sites for hydroxylation is 1. The number of carbonyl (C=O) groups is 1. The monoisotopic (exact) mass is 406 g/mol. The largest absolute Gasteiger partial charge is 0.336 e. The Hall–Kier alpha value is -3.03. The predicted molar refractivity (Wildman–Crippen MR) is 116 cm³/mol. The van der Waals surface area contributed by atoms with E-state index in [4.69, 9.17) is 12.2 Å². The Morgan fingerprint density at radius 3 is 2.64 bits per heavy atom. The maximum absolute atomic E-state index is 12.8. The Kier molecular flexibility index (Phi) is 5.18. The maximum Gasteiger partial charge on any atom is 0.276 e. The van der Waals surface area contributed by atoms with E-state index in [2.05, 4.69) is 46.5 Å². The van der Waals surface area contributed by atoms with Crippen LogP contribution in [0.3, 0.4) is 0 Å². The number of benzene rings is 2. The van der Waals surface area contributed by atoms with Crippen molar-refractivity contribution in [1.82, 2.24) is 14.5 Å². The molecule has 4 aromatic rings. The van der Waals surface area contributed by atoms with Gasteiger partial charge in [-0.15, -0.1) is 11.3 Å². The van der Waals surface area contributed by atoms with E-state index in [0.29, 0.717) is 15.6 Å². The van der Waals surface area contributed by atoms with Crippen LogP contribution in [-0.2, 0) is 6.42 Å². The van der Waals surface area contributed by atoms with Crippen LogP contribution in [0, 0.1) is 4.77 Å². The van der Waals surface area contributed by atoms with Gasteiger partial charge in [-0.1, -0.05) is 49.4 Å². The summed E-state index contributed by atoms with van der Waals surface area (Å²) in [6, 6.07) is 17.8. The van der Waals surface area contributed by atoms with Crippen molar-refractivity contribution in [3.63, 3.8) is 0 Å². The molecule has 0 saturated carbocycles. The number of imidazole rings is 1. The minimum absolute atomic E-state index is 0.265. The number of H-pyrrole nitrogens is 1. The zero-order chi connectivity index (χ0) is 19.5. The molecular formula is C21H18N4OS2. The summed E-state index contributed by atoms with van der Waals surface area (Å²) < 4.78 is 2.18. The molecular weight excluding hydrogens is 388 g/mol. The average Bonchev–Trinajstić information content (AvgIpc) is 3.35. The van der Waals surface area contributed by atoms with Crippen molar-refractivity contribution >= 4 is 34.6 Å². The molecule has 1 amide bonds. The Morgan fingerprint density at radius 2 is 1.93 bits per heavy atom. The molecule has 0 aliphatic heterocycles. The van der Waals surface area contributed by atoms with Crippen LogP contribution in [0.25, 0.3) is 16.9 Å². The number of hydrogen-bond donors (Lipinski definition) is 2. The highest BCUT2D eigenvalue weighted by Crippen LogP contribution is 2.26. The zero-order valence-electron chi connectivity index (χ0n) is 15.2. The van der Waals surface area contributed by atoms with Crippen LogP contribution in [0.5, 0.6) is 0 Å². The SMILES string of the molecule is CCc1ccc(-c2csc(NC(=O)c3c[nH]c(=S)n3-c3ccccc3)n2)cc1. The lowest BCUT2D eigenvalue weighted by Crippen LogP contribution is -2.16. The van der Waals surface area contributed by atoms with Crippen LogP contribution in [-0.4, -0.2) is 20.4 Å². The highest BCUT2D eigenvalue weighted by atomic mass is 32.1. The van der Waals surface area contributed by atoms with Crippen molar-refractivity contribution in [2.24, 2.45) is 0 Å². The van der Waals surface area contributed by atoms with Gasteiger partial charge in [-0.05, 0) is 36.3 Å². The molecule has 2 aromatic heterocycles. The molecule has 28 heavy (non-hydrogen) atoms. The van der Waals surface area contributed by atoms with E-state index in [9.17, 15) is 4.79 Å². The molecule has 0 radical (unpaired) electrons. The van der Waals surface area contributed by atoms with Crippen molar-refractivity contribution in [3.8, 4) is 16.9 Å². The van der Waals surface area contributed by atoms with E-state index >= 15 is 0 Å². The van der Waals surface area contributed by atoms with E-state index in [1.54, 1.807) is 10.8 Å². The molecule has 2 heterocycles. The molecule has 0 aliphatic carbocycles. The third kappa shape index (κ3) is 3.67. The van der Waals surface area contributed by atoms with Gasteiger partial charge in [0.05, 0.1) is 5.69 Å². The molecule has 0 aliphatic rings. The highest BCUT2D eigenvalue weighted by Gasteiger charge is 2.16. The molecule has 0 atom stereocenters.